The van der Waals surface area contributed by atoms with Gasteiger partial charge in [-0.2, -0.15) is 4.98 Å². The van der Waals surface area contributed by atoms with Crippen molar-refractivity contribution in [2.75, 3.05) is 10.6 Å². The SMILES string of the molecule is CC1=C(C(=O)Nc2cccnc2)C(c2ccncc2)n2nc(SCc3ccccc3)nc2N1. The quantitative estimate of drug-likeness (QED) is 0.419. The number of amides is 1. The highest BCUT2D eigenvalue weighted by Gasteiger charge is 2.34. The minimum atomic E-state index is -0.445. The Morgan fingerprint density at radius 3 is 2.64 bits per heavy atom. The highest BCUT2D eigenvalue weighted by molar-refractivity contribution is 7.98. The highest BCUT2D eigenvalue weighted by atomic mass is 32.2. The van der Waals surface area contributed by atoms with Crippen LogP contribution in [0, 0.1) is 0 Å². The van der Waals surface area contributed by atoms with Gasteiger partial charge < -0.3 is 10.6 Å². The monoisotopic (exact) mass is 455 g/mol. The van der Waals surface area contributed by atoms with Gasteiger partial charge in [-0.3, -0.25) is 14.8 Å². The summed E-state index contributed by atoms with van der Waals surface area (Å²) in [4.78, 5) is 26.3. The molecule has 1 amide bonds. The van der Waals surface area contributed by atoms with Crippen molar-refractivity contribution in [1.29, 1.82) is 0 Å². The molecule has 164 valence electrons. The third kappa shape index (κ3) is 4.49. The van der Waals surface area contributed by atoms with E-state index in [0.717, 1.165) is 17.0 Å². The van der Waals surface area contributed by atoms with Crippen molar-refractivity contribution >= 4 is 29.3 Å². The van der Waals surface area contributed by atoms with Gasteiger partial charge in [-0.1, -0.05) is 42.1 Å². The molecule has 1 aliphatic heterocycles. The average Bonchev–Trinajstić information content (AvgIpc) is 3.26. The molecule has 0 saturated heterocycles. The molecule has 0 saturated carbocycles. The van der Waals surface area contributed by atoms with Crippen LogP contribution < -0.4 is 10.6 Å². The first-order valence-electron chi connectivity index (χ1n) is 10.4. The Labute approximate surface area is 195 Å². The predicted octanol–water partition coefficient (Wildman–Crippen LogP) is 4.29. The Balaban J connectivity index is 1.48. The smallest absolute Gasteiger partial charge is 0.255 e. The van der Waals surface area contributed by atoms with E-state index in [0.29, 0.717) is 22.4 Å². The summed E-state index contributed by atoms with van der Waals surface area (Å²) >= 11 is 1.56. The molecule has 0 spiro atoms. The summed E-state index contributed by atoms with van der Waals surface area (Å²) < 4.78 is 1.77. The Morgan fingerprint density at radius 2 is 1.88 bits per heavy atom. The van der Waals surface area contributed by atoms with Crippen LogP contribution in [0.4, 0.5) is 11.6 Å². The first-order chi connectivity index (χ1) is 16.2. The molecule has 0 fully saturated rings. The molecule has 0 bridgehead atoms. The number of anilines is 2. The van der Waals surface area contributed by atoms with Crippen LogP contribution in [0.3, 0.4) is 0 Å². The molecule has 0 radical (unpaired) electrons. The molecule has 0 aliphatic carbocycles. The Morgan fingerprint density at radius 1 is 1.06 bits per heavy atom. The first kappa shape index (κ1) is 20.9. The summed E-state index contributed by atoms with van der Waals surface area (Å²) in [7, 11) is 0. The third-order valence-electron chi connectivity index (χ3n) is 5.23. The lowest BCUT2D eigenvalue weighted by Gasteiger charge is -2.28. The number of aromatic nitrogens is 5. The molecule has 2 N–H and O–H groups in total. The summed E-state index contributed by atoms with van der Waals surface area (Å²) in [6.07, 6.45) is 6.71. The number of benzene rings is 1. The lowest BCUT2D eigenvalue weighted by molar-refractivity contribution is -0.113. The van der Waals surface area contributed by atoms with Crippen molar-refractivity contribution in [1.82, 2.24) is 24.7 Å². The van der Waals surface area contributed by atoms with Crippen LogP contribution in [-0.4, -0.2) is 30.6 Å². The van der Waals surface area contributed by atoms with E-state index in [2.05, 4.69) is 37.7 Å². The van der Waals surface area contributed by atoms with Gasteiger partial charge in [0.2, 0.25) is 11.1 Å². The van der Waals surface area contributed by atoms with E-state index in [4.69, 9.17) is 5.10 Å². The number of fused-ring (bicyclic) bond motifs is 1. The summed E-state index contributed by atoms with van der Waals surface area (Å²) in [5.41, 5.74) is 3.99. The van der Waals surface area contributed by atoms with E-state index in [1.54, 1.807) is 53.4 Å². The van der Waals surface area contributed by atoms with Gasteiger partial charge in [-0.15, -0.1) is 5.10 Å². The summed E-state index contributed by atoms with van der Waals surface area (Å²) in [5.74, 6) is 1.13. The first-order valence-corrected chi connectivity index (χ1v) is 11.4. The number of hydrogen-bond donors (Lipinski definition) is 2. The van der Waals surface area contributed by atoms with Gasteiger partial charge >= 0.3 is 0 Å². The maximum absolute atomic E-state index is 13.4. The number of nitrogens with one attached hydrogen (secondary N) is 2. The van der Waals surface area contributed by atoms with E-state index in [1.807, 2.05) is 37.3 Å². The standard InChI is InChI=1S/C24H21N7OS/c1-16-20(22(32)28-19-8-5-11-26-14-19)21(18-9-12-25-13-10-18)31-23(27-16)29-24(30-31)33-15-17-6-3-2-4-7-17/h2-14,21H,15H2,1H3,(H,28,32)(H,27,29,30). The van der Waals surface area contributed by atoms with Crippen LogP contribution in [0.25, 0.3) is 0 Å². The number of rotatable bonds is 6. The third-order valence-corrected chi connectivity index (χ3v) is 6.14. The van der Waals surface area contributed by atoms with Crippen molar-refractivity contribution in [3.05, 3.63) is 102 Å². The lowest BCUT2D eigenvalue weighted by Crippen LogP contribution is -2.31. The van der Waals surface area contributed by atoms with Crippen LogP contribution in [0.5, 0.6) is 0 Å². The van der Waals surface area contributed by atoms with Gasteiger partial charge in [0.15, 0.2) is 0 Å². The van der Waals surface area contributed by atoms with Gasteiger partial charge in [0.25, 0.3) is 5.91 Å². The zero-order valence-corrected chi connectivity index (χ0v) is 18.7. The van der Waals surface area contributed by atoms with Crippen molar-refractivity contribution in [3.8, 4) is 0 Å². The van der Waals surface area contributed by atoms with E-state index in [9.17, 15) is 4.79 Å². The minimum absolute atomic E-state index is 0.227. The van der Waals surface area contributed by atoms with Crippen LogP contribution in [0.15, 0.2) is 95.8 Å². The fourth-order valence-corrected chi connectivity index (χ4v) is 4.48. The molecule has 5 rings (SSSR count). The van der Waals surface area contributed by atoms with Gasteiger partial charge in [0.1, 0.15) is 6.04 Å². The number of carbonyl (C=O) groups is 1. The Kier molecular flexibility index (Phi) is 5.86. The molecule has 9 heteroatoms. The number of carbonyl (C=O) groups excluding carboxylic acids is 1. The minimum Gasteiger partial charge on any atom is -0.328 e. The van der Waals surface area contributed by atoms with E-state index in [-0.39, 0.29) is 5.91 Å². The van der Waals surface area contributed by atoms with Crippen molar-refractivity contribution in [3.63, 3.8) is 0 Å². The van der Waals surface area contributed by atoms with E-state index < -0.39 is 6.04 Å². The number of hydrogen-bond acceptors (Lipinski definition) is 7. The molecule has 1 unspecified atom stereocenters. The maximum Gasteiger partial charge on any atom is 0.255 e. The second-order valence-corrected chi connectivity index (χ2v) is 8.42. The van der Waals surface area contributed by atoms with Crippen LogP contribution >= 0.6 is 11.8 Å². The second kappa shape index (κ2) is 9.25. The van der Waals surface area contributed by atoms with Crippen molar-refractivity contribution < 1.29 is 4.79 Å². The normalized spacial score (nSPS) is 15.0. The van der Waals surface area contributed by atoms with Gasteiger partial charge in [0, 0.05) is 30.0 Å². The average molecular weight is 456 g/mol. The zero-order valence-electron chi connectivity index (χ0n) is 17.8. The molecule has 4 aromatic rings. The Bertz CT molecular complexity index is 1290. The van der Waals surface area contributed by atoms with Gasteiger partial charge in [-0.25, -0.2) is 4.68 Å². The molecular weight excluding hydrogens is 434 g/mol. The van der Waals surface area contributed by atoms with E-state index >= 15 is 0 Å². The topological polar surface area (TPSA) is 97.6 Å². The van der Waals surface area contributed by atoms with E-state index in [1.165, 1.54) is 5.56 Å². The largest absolute Gasteiger partial charge is 0.328 e. The van der Waals surface area contributed by atoms with Crippen molar-refractivity contribution in [2.45, 2.75) is 23.9 Å². The number of allylic oxidation sites excluding steroid dienone is 1. The summed E-state index contributed by atoms with van der Waals surface area (Å²) in [6, 6.07) is 17.1. The number of nitrogens with zero attached hydrogens (tertiary/aromatic N) is 5. The summed E-state index contributed by atoms with van der Waals surface area (Å²) in [6.45, 7) is 1.88. The molecule has 1 atom stereocenters. The molecule has 4 heterocycles. The predicted molar refractivity (Wildman–Crippen MR) is 128 cm³/mol. The Hall–Kier alpha value is -3.98. The molecule has 8 nitrogen and oxygen atoms in total. The number of thioether (sulfide) groups is 1. The molecule has 1 aromatic carbocycles. The zero-order chi connectivity index (χ0) is 22.6. The maximum atomic E-state index is 13.4. The van der Waals surface area contributed by atoms with Crippen LogP contribution in [-0.2, 0) is 10.5 Å². The fourth-order valence-electron chi connectivity index (χ4n) is 3.70. The van der Waals surface area contributed by atoms with Crippen LogP contribution in [0.2, 0.25) is 0 Å². The van der Waals surface area contributed by atoms with Gasteiger partial charge in [0.05, 0.1) is 17.5 Å². The summed E-state index contributed by atoms with van der Waals surface area (Å²) in [5, 5.41) is 11.6. The molecular formula is C24H21N7OS. The van der Waals surface area contributed by atoms with Gasteiger partial charge in [-0.05, 0) is 42.3 Å². The highest BCUT2D eigenvalue weighted by Crippen LogP contribution is 2.36. The van der Waals surface area contributed by atoms with Crippen LogP contribution in [0.1, 0.15) is 24.1 Å². The number of pyridine rings is 2. The second-order valence-electron chi connectivity index (χ2n) is 7.48. The molecule has 33 heavy (non-hydrogen) atoms. The molecule has 3 aromatic heterocycles. The fraction of sp³-hybridized carbons (Fsp3) is 0.125. The molecule has 1 aliphatic rings. The van der Waals surface area contributed by atoms with Crippen molar-refractivity contribution in [2.24, 2.45) is 0 Å². The lowest BCUT2D eigenvalue weighted by atomic mass is 9.96.